The van der Waals surface area contributed by atoms with E-state index in [1.54, 1.807) is 5.56 Å². The fourth-order valence-electron chi connectivity index (χ4n) is 2.97. The second kappa shape index (κ2) is 5.11. The maximum absolute atomic E-state index is 2.54. The van der Waals surface area contributed by atoms with Crippen LogP contribution in [0.1, 0.15) is 11.1 Å². The highest BCUT2D eigenvalue weighted by molar-refractivity contribution is 6.96. The van der Waals surface area contributed by atoms with E-state index < -0.39 is 16.1 Å². The molecule has 0 saturated heterocycles. The van der Waals surface area contributed by atoms with Gasteiger partial charge in [-0.2, -0.15) is 0 Å². The van der Waals surface area contributed by atoms with Crippen LogP contribution in [-0.2, 0) is 6.42 Å². The topological polar surface area (TPSA) is 0 Å². The van der Waals surface area contributed by atoms with Crippen molar-refractivity contribution in [3.8, 4) is 0 Å². The van der Waals surface area contributed by atoms with Gasteiger partial charge in [-0.05, 0) is 29.6 Å². The molecule has 0 aliphatic carbocycles. The molecule has 2 heteroatoms. The molecule has 0 N–H and O–H groups in total. The average Bonchev–Trinajstić information content (AvgIpc) is 2.12. The van der Waals surface area contributed by atoms with Gasteiger partial charge in [-0.15, -0.1) is 0 Å². The van der Waals surface area contributed by atoms with Gasteiger partial charge in [-0.1, -0.05) is 63.5 Å². The van der Waals surface area contributed by atoms with Gasteiger partial charge >= 0.3 is 0 Å². The van der Waals surface area contributed by atoms with E-state index in [4.69, 9.17) is 0 Å². The minimum atomic E-state index is -1.07. The molecular formula is C15H28Si2. The molecule has 0 radical (unpaired) electrons. The van der Waals surface area contributed by atoms with Gasteiger partial charge in [0.1, 0.15) is 0 Å². The summed E-state index contributed by atoms with van der Waals surface area (Å²) in [6.45, 7) is 17.5. The molecule has 0 amide bonds. The molecule has 0 heterocycles. The molecule has 0 spiro atoms. The van der Waals surface area contributed by atoms with Crippen molar-refractivity contribution in [2.45, 2.75) is 57.8 Å². The average molecular weight is 265 g/mol. The molecule has 0 nitrogen and oxygen atoms in total. The third-order valence-corrected chi connectivity index (χ3v) is 13.6. The van der Waals surface area contributed by atoms with Gasteiger partial charge in [-0.25, -0.2) is 0 Å². The monoisotopic (exact) mass is 264 g/mol. The SMILES string of the molecule is Cc1ccccc1CC([Si](C)(C)C)[Si](C)(C)C. The third kappa shape index (κ3) is 4.11. The van der Waals surface area contributed by atoms with Crippen LogP contribution in [0, 0.1) is 6.92 Å². The number of aryl methyl sites for hydroxylation is 1. The quantitative estimate of drug-likeness (QED) is 0.662. The second-order valence-electron chi connectivity index (χ2n) is 7.42. The molecule has 0 bridgehead atoms. The van der Waals surface area contributed by atoms with E-state index in [1.165, 1.54) is 12.0 Å². The Morgan fingerprint density at radius 1 is 0.882 bits per heavy atom. The van der Waals surface area contributed by atoms with E-state index in [9.17, 15) is 0 Å². The number of rotatable bonds is 4. The first kappa shape index (κ1) is 14.7. The molecule has 1 rings (SSSR count). The van der Waals surface area contributed by atoms with Crippen molar-refractivity contribution in [1.29, 1.82) is 0 Å². The molecule has 1 aromatic carbocycles. The van der Waals surface area contributed by atoms with Crippen LogP contribution in [-0.4, -0.2) is 16.1 Å². The van der Waals surface area contributed by atoms with Crippen LogP contribution >= 0.6 is 0 Å². The zero-order chi connectivity index (χ0) is 13.3. The van der Waals surface area contributed by atoms with E-state index in [0.29, 0.717) is 0 Å². The van der Waals surface area contributed by atoms with Crippen LogP contribution < -0.4 is 0 Å². The third-order valence-electron chi connectivity index (χ3n) is 3.78. The maximum atomic E-state index is 2.54. The largest absolute Gasteiger partial charge is 0.0695 e. The predicted octanol–water partition coefficient (Wildman–Crippen LogP) is 5.12. The highest BCUT2D eigenvalue weighted by atomic mass is 28.4. The van der Waals surface area contributed by atoms with E-state index in [-0.39, 0.29) is 0 Å². The molecule has 0 aliphatic rings. The number of hydrogen-bond acceptors (Lipinski definition) is 0. The summed E-state index contributed by atoms with van der Waals surface area (Å²) in [5, 5.41) is 0.969. The van der Waals surface area contributed by atoms with Gasteiger partial charge in [0.05, 0.1) is 0 Å². The second-order valence-corrected chi connectivity index (χ2v) is 18.9. The highest BCUT2D eigenvalue weighted by Crippen LogP contribution is 2.35. The Balaban J connectivity index is 3.00. The van der Waals surface area contributed by atoms with Gasteiger partial charge in [0.2, 0.25) is 0 Å². The van der Waals surface area contributed by atoms with Gasteiger partial charge in [0, 0.05) is 16.1 Å². The van der Waals surface area contributed by atoms with Crippen molar-refractivity contribution < 1.29 is 0 Å². The summed E-state index contributed by atoms with van der Waals surface area (Å²) in [6, 6.07) is 8.91. The smallest absolute Gasteiger partial charge is 0.0450 e. The van der Waals surface area contributed by atoms with Crippen LogP contribution in [0.5, 0.6) is 0 Å². The van der Waals surface area contributed by atoms with Crippen LogP contribution in [0.3, 0.4) is 0 Å². The molecule has 0 atom stereocenters. The maximum Gasteiger partial charge on any atom is 0.0450 e. The number of benzene rings is 1. The molecule has 0 aromatic heterocycles. The lowest BCUT2D eigenvalue weighted by atomic mass is 10.1. The summed E-state index contributed by atoms with van der Waals surface area (Å²) in [4.78, 5) is 0. The molecule has 0 fully saturated rings. The number of hydrogen-bond donors (Lipinski definition) is 0. The summed E-state index contributed by atoms with van der Waals surface area (Å²) in [5.41, 5.74) is 3.04. The van der Waals surface area contributed by atoms with Gasteiger partial charge in [0.25, 0.3) is 0 Å². The minimum Gasteiger partial charge on any atom is -0.0695 e. The fourth-order valence-corrected chi connectivity index (χ4v) is 15.0. The van der Waals surface area contributed by atoms with E-state index in [2.05, 4.69) is 70.5 Å². The van der Waals surface area contributed by atoms with E-state index in [1.807, 2.05) is 0 Å². The first-order valence-electron chi connectivity index (χ1n) is 6.67. The van der Waals surface area contributed by atoms with Crippen molar-refractivity contribution in [3.63, 3.8) is 0 Å². The lowest BCUT2D eigenvalue weighted by Crippen LogP contribution is -2.45. The van der Waals surface area contributed by atoms with Gasteiger partial charge in [0.15, 0.2) is 0 Å². The standard InChI is InChI=1S/C15H28Si2/c1-13-10-8-9-11-14(13)12-15(16(2,3)4)17(5,6)7/h8-11,15H,12H2,1-7H3. The van der Waals surface area contributed by atoms with E-state index >= 15 is 0 Å². The Hall–Kier alpha value is -0.346. The first-order valence-corrected chi connectivity index (χ1v) is 13.8. The Kier molecular flexibility index (Phi) is 4.42. The van der Waals surface area contributed by atoms with Crippen LogP contribution in [0.15, 0.2) is 24.3 Å². The predicted molar refractivity (Wildman–Crippen MR) is 85.3 cm³/mol. The Morgan fingerprint density at radius 2 is 1.35 bits per heavy atom. The first-order chi connectivity index (χ1) is 7.62. The molecular weight excluding hydrogens is 236 g/mol. The van der Waals surface area contributed by atoms with Crippen LogP contribution in [0.4, 0.5) is 0 Å². The van der Waals surface area contributed by atoms with Crippen molar-refractivity contribution in [3.05, 3.63) is 35.4 Å². The van der Waals surface area contributed by atoms with Gasteiger partial charge < -0.3 is 0 Å². The summed E-state index contributed by atoms with van der Waals surface area (Å²) < 4.78 is 0. The minimum absolute atomic E-state index is 0.969. The van der Waals surface area contributed by atoms with Crippen molar-refractivity contribution >= 4 is 16.1 Å². The lowest BCUT2D eigenvalue weighted by Gasteiger charge is -2.39. The van der Waals surface area contributed by atoms with Crippen molar-refractivity contribution in [1.82, 2.24) is 0 Å². The van der Waals surface area contributed by atoms with E-state index in [0.717, 1.165) is 5.16 Å². The fraction of sp³-hybridized carbons (Fsp3) is 0.600. The molecule has 96 valence electrons. The Morgan fingerprint density at radius 3 is 1.76 bits per heavy atom. The van der Waals surface area contributed by atoms with Crippen molar-refractivity contribution in [2.75, 3.05) is 0 Å². The van der Waals surface area contributed by atoms with Gasteiger partial charge in [-0.3, -0.25) is 0 Å². The molecule has 0 unspecified atom stereocenters. The summed E-state index contributed by atoms with van der Waals surface area (Å²) in [6.07, 6.45) is 1.30. The Bertz CT molecular complexity index is 355. The summed E-state index contributed by atoms with van der Waals surface area (Å²) >= 11 is 0. The zero-order valence-electron chi connectivity index (χ0n) is 12.6. The summed E-state index contributed by atoms with van der Waals surface area (Å²) in [7, 11) is -2.13. The molecule has 1 aromatic rings. The normalized spacial score (nSPS) is 13.2. The highest BCUT2D eigenvalue weighted by Gasteiger charge is 2.37. The molecule has 0 aliphatic heterocycles. The van der Waals surface area contributed by atoms with Crippen LogP contribution in [0.2, 0.25) is 44.4 Å². The molecule has 17 heavy (non-hydrogen) atoms. The summed E-state index contributed by atoms with van der Waals surface area (Å²) in [5.74, 6) is 0. The Labute approximate surface area is 109 Å². The zero-order valence-corrected chi connectivity index (χ0v) is 14.6. The van der Waals surface area contributed by atoms with Crippen LogP contribution in [0.25, 0.3) is 0 Å². The van der Waals surface area contributed by atoms with Crippen molar-refractivity contribution in [2.24, 2.45) is 0 Å². The lowest BCUT2D eigenvalue weighted by molar-refractivity contribution is 0.976. The molecule has 0 saturated carbocycles.